The van der Waals surface area contributed by atoms with E-state index in [1.807, 2.05) is 25.1 Å². The van der Waals surface area contributed by atoms with E-state index < -0.39 is 0 Å². The van der Waals surface area contributed by atoms with Gasteiger partial charge in [-0.15, -0.1) is 12.4 Å². The molecule has 0 radical (unpaired) electrons. The Hall–Kier alpha value is -0.780. The van der Waals surface area contributed by atoms with Crippen molar-refractivity contribution in [3.63, 3.8) is 0 Å². The third-order valence-corrected chi connectivity index (χ3v) is 3.42. The highest BCUT2D eigenvalue weighted by Crippen LogP contribution is 2.29. The molecule has 6 heteroatoms. The number of carbonyl (C=O) groups is 1. The zero-order valence-electron chi connectivity index (χ0n) is 10.7. The molecule has 0 bridgehead atoms. The van der Waals surface area contributed by atoms with Gasteiger partial charge in [-0.2, -0.15) is 0 Å². The van der Waals surface area contributed by atoms with Crippen LogP contribution >= 0.6 is 28.3 Å². The number of benzene rings is 1. The number of carbonyl (C=O) groups excluding carboxylic acids is 1. The van der Waals surface area contributed by atoms with E-state index in [-0.39, 0.29) is 24.2 Å². The lowest BCUT2D eigenvalue weighted by Gasteiger charge is -2.14. The first-order valence-corrected chi connectivity index (χ1v) is 6.94. The van der Waals surface area contributed by atoms with E-state index in [0.29, 0.717) is 12.4 Å². The Kier molecular flexibility index (Phi) is 6.62. The van der Waals surface area contributed by atoms with Crippen LogP contribution in [0.4, 0.5) is 5.69 Å². The Morgan fingerprint density at radius 1 is 1.58 bits per heavy atom. The molecule has 1 heterocycles. The van der Waals surface area contributed by atoms with Gasteiger partial charge < -0.3 is 15.4 Å². The van der Waals surface area contributed by atoms with Gasteiger partial charge in [0.2, 0.25) is 5.91 Å². The molecule has 1 aliphatic heterocycles. The maximum atomic E-state index is 12.1. The van der Waals surface area contributed by atoms with Crippen molar-refractivity contribution in [1.29, 1.82) is 0 Å². The third-order valence-electron chi connectivity index (χ3n) is 2.93. The Morgan fingerprint density at radius 2 is 2.37 bits per heavy atom. The summed E-state index contributed by atoms with van der Waals surface area (Å²) in [6.07, 6.45) is 0.893. The molecule has 1 amide bonds. The molecule has 1 saturated heterocycles. The minimum atomic E-state index is 0. The van der Waals surface area contributed by atoms with Crippen molar-refractivity contribution < 1.29 is 9.53 Å². The van der Waals surface area contributed by atoms with Crippen molar-refractivity contribution in [2.45, 2.75) is 13.3 Å². The van der Waals surface area contributed by atoms with Gasteiger partial charge in [0.05, 0.1) is 18.2 Å². The highest BCUT2D eigenvalue weighted by atomic mass is 79.9. The fourth-order valence-electron chi connectivity index (χ4n) is 1.99. The highest BCUT2D eigenvalue weighted by Gasteiger charge is 2.23. The predicted octanol–water partition coefficient (Wildman–Crippen LogP) is 2.82. The van der Waals surface area contributed by atoms with Gasteiger partial charge in [-0.1, -0.05) is 15.9 Å². The molecule has 1 fully saturated rings. The smallest absolute Gasteiger partial charge is 0.228 e. The molecule has 1 aromatic carbocycles. The second-order valence-electron chi connectivity index (χ2n) is 4.25. The van der Waals surface area contributed by atoms with E-state index >= 15 is 0 Å². The van der Waals surface area contributed by atoms with Crippen molar-refractivity contribution >= 4 is 39.9 Å². The van der Waals surface area contributed by atoms with Crippen LogP contribution in [0.3, 0.4) is 0 Å². The normalized spacial score (nSPS) is 17.7. The Bertz CT molecular complexity index is 437. The number of amides is 1. The average Bonchev–Trinajstić information content (AvgIpc) is 2.86. The molecule has 106 valence electrons. The van der Waals surface area contributed by atoms with Crippen LogP contribution < -0.4 is 15.4 Å². The zero-order chi connectivity index (χ0) is 13.0. The number of anilines is 1. The second kappa shape index (κ2) is 7.72. The minimum absolute atomic E-state index is 0. The quantitative estimate of drug-likeness (QED) is 0.879. The van der Waals surface area contributed by atoms with E-state index in [4.69, 9.17) is 4.74 Å². The Morgan fingerprint density at radius 3 is 3.00 bits per heavy atom. The maximum Gasteiger partial charge on any atom is 0.228 e. The molecule has 0 saturated carbocycles. The van der Waals surface area contributed by atoms with E-state index in [9.17, 15) is 4.79 Å². The average molecular weight is 350 g/mol. The fourth-order valence-corrected chi connectivity index (χ4v) is 2.36. The molecular formula is C13H18BrClN2O2. The lowest BCUT2D eigenvalue weighted by molar-refractivity contribution is -0.119. The first kappa shape index (κ1) is 16.3. The lowest BCUT2D eigenvalue weighted by Crippen LogP contribution is -2.24. The monoisotopic (exact) mass is 348 g/mol. The predicted molar refractivity (Wildman–Crippen MR) is 82.2 cm³/mol. The summed E-state index contributed by atoms with van der Waals surface area (Å²) in [7, 11) is 0. The van der Waals surface area contributed by atoms with Crippen LogP contribution in [0, 0.1) is 5.92 Å². The summed E-state index contributed by atoms with van der Waals surface area (Å²) in [5.74, 6) is 0.817. The van der Waals surface area contributed by atoms with Crippen molar-refractivity contribution in [2.24, 2.45) is 5.92 Å². The summed E-state index contributed by atoms with van der Waals surface area (Å²) in [4.78, 5) is 12.1. The van der Waals surface area contributed by atoms with Gasteiger partial charge in [0, 0.05) is 11.0 Å². The molecule has 2 rings (SSSR count). The number of rotatable bonds is 4. The van der Waals surface area contributed by atoms with Gasteiger partial charge in [-0.3, -0.25) is 4.79 Å². The van der Waals surface area contributed by atoms with Crippen molar-refractivity contribution in [2.75, 3.05) is 25.0 Å². The van der Waals surface area contributed by atoms with Crippen LogP contribution in [0.15, 0.2) is 22.7 Å². The second-order valence-corrected chi connectivity index (χ2v) is 5.17. The maximum absolute atomic E-state index is 12.1. The molecule has 1 unspecified atom stereocenters. The standard InChI is InChI=1S/C13H17BrN2O2.ClH/c1-2-18-12-4-3-10(14)7-11(12)16-13(17)9-5-6-15-8-9;/h3-4,7,9,15H,2,5-6,8H2,1H3,(H,16,17);1H. The van der Waals surface area contributed by atoms with Crippen LogP contribution in [-0.2, 0) is 4.79 Å². The number of hydrogen-bond donors (Lipinski definition) is 2. The third kappa shape index (κ3) is 4.37. The van der Waals surface area contributed by atoms with Crippen molar-refractivity contribution in [3.05, 3.63) is 22.7 Å². The molecule has 1 aliphatic rings. The molecule has 0 aromatic heterocycles. The van der Waals surface area contributed by atoms with Gasteiger partial charge in [-0.25, -0.2) is 0 Å². The van der Waals surface area contributed by atoms with E-state index in [1.165, 1.54) is 0 Å². The molecule has 4 nitrogen and oxygen atoms in total. The molecular weight excluding hydrogens is 332 g/mol. The van der Waals surface area contributed by atoms with Crippen LogP contribution in [0.1, 0.15) is 13.3 Å². The first-order chi connectivity index (χ1) is 8.70. The fraction of sp³-hybridized carbons (Fsp3) is 0.462. The molecule has 2 N–H and O–H groups in total. The largest absolute Gasteiger partial charge is 0.492 e. The summed E-state index contributed by atoms with van der Waals surface area (Å²) in [5, 5.41) is 6.13. The number of ether oxygens (including phenoxy) is 1. The first-order valence-electron chi connectivity index (χ1n) is 6.14. The van der Waals surface area contributed by atoms with Gasteiger partial charge >= 0.3 is 0 Å². The van der Waals surface area contributed by atoms with Crippen molar-refractivity contribution in [1.82, 2.24) is 5.32 Å². The topological polar surface area (TPSA) is 50.4 Å². The van der Waals surface area contributed by atoms with Gasteiger partial charge in [0.1, 0.15) is 5.75 Å². The Balaban J connectivity index is 0.00000180. The molecule has 19 heavy (non-hydrogen) atoms. The number of nitrogens with one attached hydrogen (secondary N) is 2. The summed E-state index contributed by atoms with van der Waals surface area (Å²) < 4.78 is 6.43. The summed E-state index contributed by atoms with van der Waals surface area (Å²) in [5.41, 5.74) is 0.725. The van der Waals surface area contributed by atoms with Gasteiger partial charge in [0.15, 0.2) is 0 Å². The van der Waals surface area contributed by atoms with Crippen LogP contribution in [0.2, 0.25) is 0 Å². The van der Waals surface area contributed by atoms with E-state index in [2.05, 4.69) is 26.6 Å². The van der Waals surface area contributed by atoms with Crippen LogP contribution in [0.5, 0.6) is 5.75 Å². The number of hydrogen-bond acceptors (Lipinski definition) is 3. The molecule has 0 spiro atoms. The zero-order valence-corrected chi connectivity index (χ0v) is 13.1. The Labute approximate surface area is 127 Å². The van der Waals surface area contributed by atoms with E-state index in [0.717, 1.165) is 29.7 Å². The van der Waals surface area contributed by atoms with Crippen molar-refractivity contribution in [3.8, 4) is 5.75 Å². The SMILES string of the molecule is CCOc1ccc(Br)cc1NC(=O)C1CCNC1.Cl. The summed E-state index contributed by atoms with van der Waals surface area (Å²) >= 11 is 3.40. The summed E-state index contributed by atoms with van der Waals surface area (Å²) in [6.45, 7) is 4.17. The van der Waals surface area contributed by atoms with Gasteiger partial charge in [-0.05, 0) is 38.1 Å². The van der Waals surface area contributed by atoms with E-state index in [1.54, 1.807) is 0 Å². The van der Waals surface area contributed by atoms with Crippen LogP contribution in [0.25, 0.3) is 0 Å². The highest BCUT2D eigenvalue weighted by molar-refractivity contribution is 9.10. The van der Waals surface area contributed by atoms with Gasteiger partial charge in [0.25, 0.3) is 0 Å². The molecule has 1 atom stereocenters. The van der Waals surface area contributed by atoms with Crippen LogP contribution in [-0.4, -0.2) is 25.6 Å². The lowest BCUT2D eigenvalue weighted by atomic mass is 10.1. The number of halogens is 2. The summed E-state index contributed by atoms with van der Waals surface area (Å²) in [6, 6.07) is 5.62. The molecule has 1 aromatic rings. The minimum Gasteiger partial charge on any atom is -0.492 e. The molecule has 0 aliphatic carbocycles.